The number of carbonyl (C=O) groups excluding carboxylic acids is 1. The minimum absolute atomic E-state index is 0.0347. The average Bonchev–Trinajstić information content (AvgIpc) is 3.28. The fourth-order valence-corrected chi connectivity index (χ4v) is 4.47. The fourth-order valence-electron chi connectivity index (χ4n) is 3.22. The quantitative estimate of drug-likeness (QED) is 0.589. The number of thiocarbonyl (C=S) groups is 1. The van der Waals surface area contributed by atoms with Crippen molar-refractivity contribution in [2.75, 3.05) is 18.0 Å². The number of hydrogen-bond donors (Lipinski definition) is 0. The lowest BCUT2D eigenvalue weighted by Gasteiger charge is -2.17. The molecule has 2 aromatic rings. The Hall–Kier alpha value is -2.18. The summed E-state index contributed by atoms with van der Waals surface area (Å²) >= 11 is 6.77. The third kappa shape index (κ3) is 3.66. The van der Waals surface area contributed by atoms with Crippen LogP contribution < -0.4 is 4.90 Å². The molecule has 1 aromatic heterocycles. The Morgan fingerprint density at radius 2 is 1.92 bits per heavy atom. The molecule has 0 atom stereocenters. The number of amides is 1. The van der Waals surface area contributed by atoms with Crippen molar-refractivity contribution in [3.05, 3.63) is 64.8 Å². The molecule has 4 nitrogen and oxygen atoms in total. The van der Waals surface area contributed by atoms with Gasteiger partial charge >= 0.3 is 0 Å². The first-order valence-electron chi connectivity index (χ1n) is 8.70. The van der Waals surface area contributed by atoms with Gasteiger partial charge < -0.3 is 4.90 Å². The second kappa shape index (κ2) is 7.60. The van der Waals surface area contributed by atoms with Crippen LogP contribution in [0.4, 0.5) is 5.69 Å². The van der Waals surface area contributed by atoms with Crippen LogP contribution in [0.1, 0.15) is 24.0 Å². The molecule has 132 valence electrons. The van der Waals surface area contributed by atoms with Crippen molar-refractivity contribution in [3.8, 4) is 0 Å². The molecule has 0 radical (unpaired) electrons. The summed E-state index contributed by atoms with van der Waals surface area (Å²) in [7, 11) is 0. The summed E-state index contributed by atoms with van der Waals surface area (Å²) in [6.07, 6.45) is 7.94. The molecule has 0 spiro atoms. The third-order valence-corrected chi connectivity index (χ3v) is 5.98. The van der Waals surface area contributed by atoms with Gasteiger partial charge in [-0.05, 0) is 48.2 Å². The Labute approximate surface area is 162 Å². The van der Waals surface area contributed by atoms with Crippen molar-refractivity contribution in [3.63, 3.8) is 0 Å². The van der Waals surface area contributed by atoms with Crippen LogP contribution in [0, 0.1) is 0 Å². The molecule has 1 aromatic carbocycles. The maximum absolute atomic E-state index is 12.7. The summed E-state index contributed by atoms with van der Waals surface area (Å²) in [5, 5.41) is 0. The maximum Gasteiger partial charge on any atom is 0.266 e. The third-order valence-electron chi connectivity index (χ3n) is 4.60. The molecule has 26 heavy (non-hydrogen) atoms. The number of aromatic nitrogens is 1. The highest BCUT2D eigenvalue weighted by Gasteiger charge is 2.32. The lowest BCUT2D eigenvalue weighted by Crippen LogP contribution is -2.27. The van der Waals surface area contributed by atoms with Crippen LogP contribution in [0.25, 0.3) is 6.08 Å². The molecule has 0 aliphatic carbocycles. The van der Waals surface area contributed by atoms with E-state index in [2.05, 4.69) is 34.1 Å². The maximum atomic E-state index is 12.7. The lowest BCUT2D eigenvalue weighted by molar-refractivity contribution is -0.122. The number of pyridine rings is 1. The Bertz CT molecular complexity index is 843. The van der Waals surface area contributed by atoms with E-state index >= 15 is 0 Å². The molecule has 3 heterocycles. The zero-order chi connectivity index (χ0) is 17.9. The van der Waals surface area contributed by atoms with Gasteiger partial charge in [-0.3, -0.25) is 14.7 Å². The lowest BCUT2D eigenvalue weighted by atomic mass is 10.1. The Morgan fingerprint density at radius 1 is 1.15 bits per heavy atom. The zero-order valence-electron chi connectivity index (χ0n) is 14.3. The number of anilines is 1. The van der Waals surface area contributed by atoms with E-state index in [9.17, 15) is 4.79 Å². The van der Waals surface area contributed by atoms with Gasteiger partial charge in [0.05, 0.1) is 11.4 Å². The van der Waals surface area contributed by atoms with Crippen LogP contribution in [0.15, 0.2) is 53.7 Å². The highest BCUT2D eigenvalue weighted by molar-refractivity contribution is 8.26. The molecular weight excluding hydrogens is 362 g/mol. The number of rotatable bonds is 4. The molecule has 2 fully saturated rings. The average molecular weight is 382 g/mol. The van der Waals surface area contributed by atoms with Crippen molar-refractivity contribution in [1.82, 2.24) is 9.88 Å². The van der Waals surface area contributed by atoms with Gasteiger partial charge in [0.2, 0.25) is 0 Å². The van der Waals surface area contributed by atoms with Gasteiger partial charge in [-0.1, -0.05) is 42.2 Å². The zero-order valence-corrected chi connectivity index (χ0v) is 15.9. The van der Waals surface area contributed by atoms with Gasteiger partial charge in [0.1, 0.15) is 4.32 Å². The SMILES string of the molecule is O=C1C(=Cc2ccc(N3CCCC3)cc2)SC(=S)N1Cc1cccnc1. The Morgan fingerprint density at radius 3 is 2.62 bits per heavy atom. The van der Waals surface area contributed by atoms with Gasteiger partial charge in [0, 0.05) is 31.2 Å². The molecule has 0 bridgehead atoms. The van der Waals surface area contributed by atoms with Crippen LogP contribution in [0.3, 0.4) is 0 Å². The van der Waals surface area contributed by atoms with Crippen molar-refractivity contribution in [2.24, 2.45) is 0 Å². The highest BCUT2D eigenvalue weighted by atomic mass is 32.2. The van der Waals surface area contributed by atoms with Crippen LogP contribution in [0.2, 0.25) is 0 Å². The molecule has 6 heteroatoms. The van der Waals surface area contributed by atoms with E-state index in [0.29, 0.717) is 15.8 Å². The van der Waals surface area contributed by atoms with Gasteiger partial charge in [-0.15, -0.1) is 0 Å². The summed E-state index contributed by atoms with van der Waals surface area (Å²) in [5.74, 6) is -0.0347. The minimum Gasteiger partial charge on any atom is -0.372 e. The van der Waals surface area contributed by atoms with Crippen LogP contribution in [0.5, 0.6) is 0 Å². The van der Waals surface area contributed by atoms with E-state index in [1.54, 1.807) is 17.3 Å². The monoisotopic (exact) mass is 381 g/mol. The Kier molecular flexibility index (Phi) is 5.04. The summed E-state index contributed by atoms with van der Waals surface area (Å²) in [6.45, 7) is 2.72. The first kappa shape index (κ1) is 17.2. The normalized spacial score (nSPS) is 19.0. The van der Waals surface area contributed by atoms with E-state index in [-0.39, 0.29) is 5.91 Å². The van der Waals surface area contributed by atoms with Crippen molar-refractivity contribution in [2.45, 2.75) is 19.4 Å². The molecule has 2 saturated heterocycles. The first-order valence-corrected chi connectivity index (χ1v) is 9.92. The number of thioether (sulfide) groups is 1. The molecule has 0 saturated carbocycles. The van der Waals surface area contributed by atoms with E-state index in [1.807, 2.05) is 18.2 Å². The van der Waals surface area contributed by atoms with Crippen LogP contribution >= 0.6 is 24.0 Å². The molecule has 2 aliphatic rings. The van der Waals surface area contributed by atoms with E-state index < -0.39 is 0 Å². The molecule has 1 amide bonds. The second-order valence-electron chi connectivity index (χ2n) is 6.41. The molecule has 0 unspecified atom stereocenters. The van der Waals surface area contributed by atoms with Crippen molar-refractivity contribution < 1.29 is 4.79 Å². The number of carbonyl (C=O) groups is 1. The van der Waals surface area contributed by atoms with E-state index in [1.165, 1.54) is 30.3 Å². The fraction of sp³-hybridized carbons (Fsp3) is 0.250. The van der Waals surface area contributed by atoms with Crippen LogP contribution in [-0.4, -0.2) is 33.2 Å². The summed E-state index contributed by atoms with van der Waals surface area (Å²) in [5.41, 5.74) is 3.25. The highest BCUT2D eigenvalue weighted by Crippen LogP contribution is 2.33. The molecule has 4 rings (SSSR count). The molecular formula is C20H19N3OS2. The van der Waals surface area contributed by atoms with Gasteiger partial charge in [0.15, 0.2) is 0 Å². The van der Waals surface area contributed by atoms with Crippen molar-refractivity contribution >= 4 is 46.0 Å². The number of benzene rings is 1. The predicted octanol–water partition coefficient (Wildman–Crippen LogP) is 4.08. The standard InChI is InChI=1S/C20H19N3OS2/c24-19-18(26-20(25)23(19)14-16-4-3-9-21-13-16)12-15-5-7-17(8-6-15)22-10-1-2-11-22/h3-9,12-13H,1-2,10-11,14H2. The van der Waals surface area contributed by atoms with Crippen molar-refractivity contribution in [1.29, 1.82) is 0 Å². The Balaban J connectivity index is 1.49. The summed E-state index contributed by atoms with van der Waals surface area (Å²) < 4.78 is 0.596. The van der Waals surface area contributed by atoms with E-state index in [0.717, 1.165) is 24.2 Å². The summed E-state index contributed by atoms with van der Waals surface area (Å²) in [6, 6.07) is 12.2. The largest absolute Gasteiger partial charge is 0.372 e. The van der Waals surface area contributed by atoms with Gasteiger partial charge in [0.25, 0.3) is 5.91 Å². The summed E-state index contributed by atoms with van der Waals surface area (Å²) in [4.78, 5) is 21.5. The first-order chi connectivity index (χ1) is 12.7. The van der Waals surface area contributed by atoms with Crippen LogP contribution in [-0.2, 0) is 11.3 Å². The number of hydrogen-bond acceptors (Lipinski definition) is 5. The topological polar surface area (TPSA) is 36.4 Å². The molecule has 2 aliphatic heterocycles. The minimum atomic E-state index is -0.0347. The number of nitrogens with zero attached hydrogens (tertiary/aromatic N) is 3. The van der Waals surface area contributed by atoms with E-state index in [4.69, 9.17) is 12.2 Å². The molecule has 0 N–H and O–H groups in total. The van der Waals surface area contributed by atoms with Gasteiger partial charge in [-0.25, -0.2) is 0 Å². The van der Waals surface area contributed by atoms with Gasteiger partial charge in [-0.2, -0.15) is 0 Å². The smallest absolute Gasteiger partial charge is 0.266 e. The predicted molar refractivity (Wildman–Crippen MR) is 111 cm³/mol. The second-order valence-corrected chi connectivity index (χ2v) is 8.09.